The van der Waals surface area contributed by atoms with Crippen LogP contribution in [0.3, 0.4) is 0 Å². The third kappa shape index (κ3) is 1.32. The summed E-state index contributed by atoms with van der Waals surface area (Å²) in [6.45, 7) is 4.34. The Bertz CT molecular complexity index is 520. The second kappa shape index (κ2) is 3.98. The largest absolute Gasteiger partial charge is 0.348 e. The van der Waals surface area contributed by atoms with Gasteiger partial charge in [-0.25, -0.2) is 0 Å². The number of carbonyl (C=O) groups is 1. The predicted octanol–water partition coefficient (Wildman–Crippen LogP) is 3.58. The van der Waals surface area contributed by atoms with Crippen LogP contribution in [0.5, 0.6) is 0 Å². The van der Waals surface area contributed by atoms with Crippen molar-refractivity contribution in [2.45, 2.75) is 44.7 Å². The molecule has 0 fully saturated rings. The molecule has 2 aliphatic rings. The summed E-state index contributed by atoms with van der Waals surface area (Å²) in [5.74, 6) is 0.284. The van der Waals surface area contributed by atoms with Crippen LogP contribution >= 0.6 is 0 Å². The van der Waals surface area contributed by atoms with Crippen LogP contribution < -0.4 is 4.90 Å². The van der Waals surface area contributed by atoms with Gasteiger partial charge in [-0.3, -0.25) is 4.79 Å². The van der Waals surface area contributed by atoms with Crippen molar-refractivity contribution in [3.05, 3.63) is 42.0 Å². The first-order valence-corrected chi connectivity index (χ1v) is 6.83. The summed E-state index contributed by atoms with van der Waals surface area (Å²) >= 11 is 0. The highest BCUT2D eigenvalue weighted by Gasteiger charge is 2.52. The fourth-order valence-corrected chi connectivity index (χ4v) is 3.32. The molecule has 0 radical (unpaired) electrons. The van der Waals surface area contributed by atoms with Crippen LogP contribution in [0.25, 0.3) is 0 Å². The third-order valence-corrected chi connectivity index (χ3v) is 4.20. The number of unbranched alkanes of at least 4 members (excludes halogenated alkanes) is 1. The topological polar surface area (TPSA) is 20.3 Å². The van der Waals surface area contributed by atoms with Gasteiger partial charge in [0.15, 0.2) is 5.78 Å². The molecule has 0 unspecified atom stereocenters. The molecule has 0 bridgehead atoms. The molecule has 0 aromatic heterocycles. The summed E-state index contributed by atoms with van der Waals surface area (Å²) in [4.78, 5) is 15.1. The van der Waals surface area contributed by atoms with Gasteiger partial charge in [0.2, 0.25) is 0 Å². The molecule has 0 saturated heterocycles. The number of benzene rings is 1. The fraction of sp³-hybridized carbons (Fsp3) is 0.438. The number of nitrogens with zero attached hydrogens (tertiary/aromatic N) is 1. The van der Waals surface area contributed by atoms with Crippen molar-refractivity contribution in [1.82, 2.24) is 0 Å². The molecule has 2 heteroatoms. The number of ketones is 1. The van der Waals surface area contributed by atoms with E-state index < -0.39 is 0 Å². The number of anilines is 1. The second-order valence-electron chi connectivity index (χ2n) is 5.34. The van der Waals surface area contributed by atoms with Crippen LogP contribution in [0.4, 0.5) is 5.69 Å². The molecule has 2 nitrogen and oxygen atoms in total. The highest BCUT2D eigenvalue weighted by molar-refractivity contribution is 6.16. The Morgan fingerprint density at radius 1 is 1.33 bits per heavy atom. The van der Waals surface area contributed by atoms with Crippen LogP contribution in [0.2, 0.25) is 0 Å². The Labute approximate surface area is 108 Å². The summed E-state index contributed by atoms with van der Waals surface area (Å²) < 4.78 is 0. The predicted molar refractivity (Wildman–Crippen MR) is 74.1 cm³/mol. The van der Waals surface area contributed by atoms with Gasteiger partial charge >= 0.3 is 0 Å². The second-order valence-corrected chi connectivity index (χ2v) is 5.34. The van der Waals surface area contributed by atoms with E-state index in [2.05, 4.69) is 37.0 Å². The van der Waals surface area contributed by atoms with E-state index in [1.54, 1.807) is 0 Å². The van der Waals surface area contributed by atoms with Crippen LogP contribution in [0.15, 0.2) is 36.4 Å². The smallest absolute Gasteiger partial charge is 0.194 e. The number of fused-ring (bicyclic) bond motifs is 3. The lowest BCUT2D eigenvalue weighted by Gasteiger charge is -2.35. The average molecular weight is 241 g/mol. The standard InChI is InChI=1S/C16H19NO/c1-3-4-10-16-11-9-12(2)17(16)14-8-6-5-7-13(14)15(16)18/h5-9,11-12H,3-4,10H2,1-2H3/t12-,16+/m0/s1. The molecule has 94 valence electrons. The van der Waals surface area contributed by atoms with Crippen molar-refractivity contribution in [1.29, 1.82) is 0 Å². The van der Waals surface area contributed by atoms with E-state index in [1.165, 1.54) is 0 Å². The molecule has 1 aromatic carbocycles. The molecule has 0 spiro atoms. The van der Waals surface area contributed by atoms with Gasteiger partial charge in [-0.15, -0.1) is 0 Å². The number of rotatable bonds is 3. The first-order valence-electron chi connectivity index (χ1n) is 6.83. The third-order valence-electron chi connectivity index (χ3n) is 4.20. The van der Waals surface area contributed by atoms with Crippen molar-refractivity contribution in [2.75, 3.05) is 4.90 Å². The lowest BCUT2D eigenvalue weighted by Crippen LogP contribution is -2.48. The van der Waals surface area contributed by atoms with Crippen molar-refractivity contribution in [2.24, 2.45) is 0 Å². The minimum absolute atomic E-state index is 0.284. The van der Waals surface area contributed by atoms with Gasteiger partial charge in [0.25, 0.3) is 0 Å². The van der Waals surface area contributed by atoms with E-state index in [0.29, 0.717) is 6.04 Å². The fourth-order valence-electron chi connectivity index (χ4n) is 3.32. The Morgan fingerprint density at radius 2 is 2.11 bits per heavy atom. The van der Waals surface area contributed by atoms with E-state index >= 15 is 0 Å². The van der Waals surface area contributed by atoms with Gasteiger partial charge in [-0.1, -0.05) is 44.1 Å². The van der Waals surface area contributed by atoms with Gasteiger partial charge in [0, 0.05) is 17.3 Å². The molecule has 0 N–H and O–H groups in total. The molecular formula is C16H19NO. The number of para-hydroxylation sites is 1. The maximum atomic E-state index is 12.8. The number of Topliss-reactive ketones (excluding diaryl/α,β-unsaturated/α-hetero) is 1. The lowest BCUT2D eigenvalue weighted by atomic mass is 9.88. The monoisotopic (exact) mass is 241 g/mol. The van der Waals surface area contributed by atoms with Crippen LogP contribution in [0.1, 0.15) is 43.5 Å². The van der Waals surface area contributed by atoms with E-state index in [-0.39, 0.29) is 11.3 Å². The Balaban J connectivity index is 2.09. The van der Waals surface area contributed by atoms with Crippen LogP contribution in [-0.4, -0.2) is 17.4 Å². The van der Waals surface area contributed by atoms with Gasteiger partial charge < -0.3 is 4.90 Å². The van der Waals surface area contributed by atoms with Gasteiger partial charge in [0.1, 0.15) is 5.54 Å². The summed E-state index contributed by atoms with van der Waals surface area (Å²) in [6.07, 6.45) is 7.45. The van der Waals surface area contributed by atoms with Crippen molar-refractivity contribution in [3.63, 3.8) is 0 Å². The van der Waals surface area contributed by atoms with Crippen molar-refractivity contribution in [3.8, 4) is 0 Å². The normalized spacial score (nSPS) is 28.7. The molecule has 0 amide bonds. The SMILES string of the molecule is CCCC[C@]12C=C[C@H](C)N1c1ccccc1C2=O. The highest BCUT2D eigenvalue weighted by atomic mass is 16.1. The molecule has 2 atom stereocenters. The molecule has 3 rings (SSSR count). The number of hydrogen-bond donors (Lipinski definition) is 0. The number of hydrogen-bond acceptors (Lipinski definition) is 2. The first-order chi connectivity index (χ1) is 8.70. The quantitative estimate of drug-likeness (QED) is 0.754. The zero-order chi connectivity index (χ0) is 12.8. The van der Waals surface area contributed by atoms with Gasteiger partial charge in [-0.2, -0.15) is 0 Å². The van der Waals surface area contributed by atoms with E-state index in [1.807, 2.05) is 18.2 Å². The molecule has 0 aliphatic carbocycles. The van der Waals surface area contributed by atoms with Gasteiger partial charge in [0.05, 0.1) is 0 Å². The molecule has 0 saturated carbocycles. The Morgan fingerprint density at radius 3 is 2.89 bits per heavy atom. The summed E-state index contributed by atoms with van der Waals surface area (Å²) in [5, 5.41) is 0. The molecular weight excluding hydrogens is 222 g/mol. The van der Waals surface area contributed by atoms with Crippen LogP contribution in [0, 0.1) is 0 Å². The van der Waals surface area contributed by atoms with Gasteiger partial charge in [-0.05, 0) is 25.5 Å². The maximum Gasteiger partial charge on any atom is 0.194 e. The summed E-state index contributed by atoms with van der Waals surface area (Å²) in [5.41, 5.74) is 1.61. The number of carbonyl (C=O) groups excluding carboxylic acids is 1. The zero-order valence-corrected chi connectivity index (χ0v) is 11.0. The van der Waals surface area contributed by atoms with E-state index in [9.17, 15) is 4.79 Å². The lowest BCUT2D eigenvalue weighted by molar-refractivity contribution is 0.0926. The molecule has 18 heavy (non-hydrogen) atoms. The Hall–Kier alpha value is -1.57. The van der Waals surface area contributed by atoms with Crippen molar-refractivity contribution < 1.29 is 4.79 Å². The average Bonchev–Trinajstić information content (AvgIpc) is 2.85. The van der Waals surface area contributed by atoms with E-state index in [4.69, 9.17) is 0 Å². The first kappa shape index (κ1) is 11.5. The molecule has 1 aromatic rings. The van der Waals surface area contributed by atoms with E-state index in [0.717, 1.165) is 30.5 Å². The van der Waals surface area contributed by atoms with Crippen molar-refractivity contribution >= 4 is 11.5 Å². The summed E-state index contributed by atoms with van der Waals surface area (Å²) in [6, 6.07) is 8.33. The maximum absolute atomic E-state index is 12.8. The van der Waals surface area contributed by atoms with Crippen LogP contribution in [-0.2, 0) is 0 Å². The highest BCUT2D eigenvalue weighted by Crippen LogP contribution is 2.46. The minimum atomic E-state index is -0.390. The summed E-state index contributed by atoms with van der Waals surface area (Å²) in [7, 11) is 0. The minimum Gasteiger partial charge on any atom is -0.348 e. The Kier molecular flexibility index (Phi) is 2.54. The zero-order valence-electron chi connectivity index (χ0n) is 11.0. The molecule has 2 heterocycles. The molecule has 2 aliphatic heterocycles.